The monoisotopic (exact) mass is 250 g/mol. The lowest BCUT2D eigenvalue weighted by Crippen LogP contribution is -2.18. The predicted molar refractivity (Wildman–Crippen MR) is 71.4 cm³/mol. The van der Waals surface area contributed by atoms with Crippen molar-refractivity contribution in [2.24, 2.45) is 11.8 Å². The highest BCUT2D eigenvalue weighted by molar-refractivity contribution is 5.71. The molecule has 0 heterocycles. The van der Waals surface area contributed by atoms with E-state index in [0.717, 1.165) is 18.4 Å². The van der Waals surface area contributed by atoms with Crippen molar-refractivity contribution in [2.45, 2.75) is 33.6 Å². The summed E-state index contributed by atoms with van der Waals surface area (Å²) < 4.78 is 4.99. The Hall–Kier alpha value is -1.51. The van der Waals surface area contributed by atoms with Crippen LogP contribution in [0.15, 0.2) is 24.3 Å². The first-order valence-corrected chi connectivity index (χ1v) is 6.47. The van der Waals surface area contributed by atoms with Gasteiger partial charge in [0.15, 0.2) is 0 Å². The molecule has 1 aromatic carbocycles. The number of hydrogen-bond acceptors (Lipinski definition) is 3. The van der Waals surface area contributed by atoms with E-state index in [1.807, 2.05) is 26.0 Å². The second kappa shape index (κ2) is 7.04. The van der Waals surface area contributed by atoms with Gasteiger partial charge in [-0.15, -0.1) is 0 Å². The average Bonchev–Trinajstić information content (AvgIpc) is 2.28. The molecule has 0 fully saturated rings. The van der Waals surface area contributed by atoms with E-state index in [2.05, 4.69) is 6.92 Å². The van der Waals surface area contributed by atoms with Gasteiger partial charge < -0.3 is 9.84 Å². The molecule has 1 aromatic rings. The number of phenols is 1. The van der Waals surface area contributed by atoms with E-state index in [9.17, 15) is 9.90 Å². The third kappa shape index (κ3) is 4.78. The molecular weight excluding hydrogens is 228 g/mol. The maximum atomic E-state index is 11.5. The molecule has 0 amide bonds. The molecule has 100 valence electrons. The third-order valence-corrected chi connectivity index (χ3v) is 2.94. The number of carbonyl (C=O) groups is 1. The zero-order chi connectivity index (χ0) is 13.5. The molecule has 18 heavy (non-hydrogen) atoms. The van der Waals surface area contributed by atoms with Crippen LogP contribution in [0.25, 0.3) is 0 Å². The predicted octanol–water partition coefficient (Wildman–Crippen LogP) is 3.16. The number of benzene rings is 1. The van der Waals surface area contributed by atoms with Crippen molar-refractivity contribution >= 4 is 5.97 Å². The quantitative estimate of drug-likeness (QED) is 0.789. The van der Waals surface area contributed by atoms with Gasteiger partial charge in [-0.25, -0.2) is 0 Å². The zero-order valence-electron chi connectivity index (χ0n) is 11.3. The first-order valence-electron chi connectivity index (χ1n) is 6.47. The molecule has 0 bridgehead atoms. The molecule has 0 saturated carbocycles. The van der Waals surface area contributed by atoms with Gasteiger partial charge in [-0.05, 0) is 43.4 Å². The van der Waals surface area contributed by atoms with Gasteiger partial charge in [0.2, 0.25) is 0 Å². The number of aromatic hydroxyl groups is 1. The Morgan fingerprint density at radius 1 is 1.39 bits per heavy atom. The Kier molecular flexibility index (Phi) is 5.69. The van der Waals surface area contributed by atoms with Crippen LogP contribution < -0.4 is 0 Å². The van der Waals surface area contributed by atoms with Crippen LogP contribution in [0.5, 0.6) is 5.75 Å². The SMILES string of the molecule is CCOC(=O)[C@H](C)C[C@H](C)Cc1cccc(O)c1. The largest absolute Gasteiger partial charge is 0.508 e. The summed E-state index contributed by atoms with van der Waals surface area (Å²) in [7, 11) is 0. The molecule has 0 aliphatic heterocycles. The Morgan fingerprint density at radius 3 is 2.72 bits per heavy atom. The average molecular weight is 250 g/mol. The molecule has 2 atom stereocenters. The molecule has 0 radical (unpaired) electrons. The molecule has 0 unspecified atom stereocenters. The van der Waals surface area contributed by atoms with E-state index in [0.29, 0.717) is 12.5 Å². The number of rotatable bonds is 6. The van der Waals surface area contributed by atoms with Gasteiger partial charge >= 0.3 is 5.97 Å². The number of carbonyl (C=O) groups excluding carboxylic acids is 1. The van der Waals surface area contributed by atoms with Crippen molar-refractivity contribution in [3.8, 4) is 5.75 Å². The first kappa shape index (κ1) is 14.6. The normalized spacial score (nSPS) is 13.9. The van der Waals surface area contributed by atoms with E-state index in [1.165, 1.54) is 0 Å². The number of hydrogen-bond donors (Lipinski definition) is 1. The molecule has 1 rings (SSSR count). The summed E-state index contributed by atoms with van der Waals surface area (Å²) in [5.74, 6) is 0.474. The molecule has 0 saturated heterocycles. The van der Waals surface area contributed by atoms with Crippen molar-refractivity contribution < 1.29 is 14.6 Å². The number of phenolic OH excluding ortho intramolecular Hbond substituents is 1. The van der Waals surface area contributed by atoms with Crippen LogP contribution in [0.3, 0.4) is 0 Å². The molecule has 0 aliphatic rings. The number of esters is 1. The van der Waals surface area contributed by atoms with Gasteiger partial charge in [0.05, 0.1) is 12.5 Å². The van der Waals surface area contributed by atoms with Gasteiger partial charge in [0.25, 0.3) is 0 Å². The summed E-state index contributed by atoms with van der Waals surface area (Å²) in [6.45, 7) is 6.27. The van der Waals surface area contributed by atoms with Crippen molar-refractivity contribution in [1.82, 2.24) is 0 Å². The van der Waals surface area contributed by atoms with Gasteiger partial charge in [-0.3, -0.25) is 4.79 Å². The molecule has 1 N–H and O–H groups in total. The van der Waals surface area contributed by atoms with E-state index in [4.69, 9.17) is 4.74 Å². The van der Waals surface area contributed by atoms with Crippen LogP contribution in [0.4, 0.5) is 0 Å². The fraction of sp³-hybridized carbons (Fsp3) is 0.533. The highest BCUT2D eigenvalue weighted by Gasteiger charge is 2.17. The maximum absolute atomic E-state index is 11.5. The van der Waals surface area contributed by atoms with Crippen molar-refractivity contribution in [3.63, 3.8) is 0 Å². The smallest absolute Gasteiger partial charge is 0.308 e. The van der Waals surface area contributed by atoms with Gasteiger partial charge in [-0.2, -0.15) is 0 Å². The van der Waals surface area contributed by atoms with Gasteiger partial charge in [0.1, 0.15) is 5.75 Å². The van der Waals surface area contributed by atoms with Crippen LogP contribution in [0.2, 0.25) is 0 Å². The summed E-state index contributed by atoms with van der Waals surface area (Å²) in [4.78, 5) is 11.5. The lowest BCUT2D eigenvalue weighted by molar-refractivity contribution is -0.147. The Morgan fingerprint density at radius 2 is 2.11 bits per heavy atom. The fourth-order valence-electron chi connectivity index (χ4n) is 2.15. The van der Waals surface area contributed by atoms with Crippen molar-refractivity contribution in [2.75, 3.05) is 6.61 Å². The molecule has 0 aliphatic carbocycles. The highest BCUT2D eigenvalue weighted by atomic mass is 16.5. The molecule has 0 spiro atoms. The number of ether oxygens (including phenoxy) is 1. The Labute approximate surface area is 109 Å². The van der Waals surface area contributed by atoms with Crippen molar-refractivity contribution in [3.05, 3.63) is 29.8 Å². The Balaban J connectivity index is 2.46. The van der Waals surface area contributed by atoms with E-state index >= 15 is 0 Å². The summed E-state index contributed by atoms with van der Waals surface area (Å²) in [5.41, 5.74) is 1.10. The van der Waals surface area contributed by atoms with Crippen LogP contribution in [-0.4, -0.2) is 17.7 Å². The van der Waals surface area contributed by atoms with Gasteiger partial charge in [0, 0.05) is 0 Å². The van der Waals surface area contributed by atoms with E-state index in [1.54, 1.807) is 12.1 Å². The van der Waals surface area contributed by atoms with E-state index < -0.39 is 0 Å². The summed E-state index contributed by atoms with van der Waals surface area (Å²) in [6.07, 6.45) is 1.66. The van der Waals surface area contributed by atoms with Crippen LogP contribution in [0.1, 0.15) is 32.8 Å². The molecule has 3 nitrogen and oxygen atoms in total. The molecule has 3 heteroatoms. The first-order chi connectivity index (χ1) is 8.52. The highest BCUT2D eigenvalue weighted by Crippen LogP contribution is 2.20. The summed E-state index contributed by atoms with van der Waals surface area (Å²) in [6, 6.07) is 7.26. The summed E-state index contributed by atoms with van der Waals surface area (Å²) >= 11 is 0. The van der Waals surface area contributed by atoms with Crippen LogP contribution in [-0.2, 0) is 16.0 Å². The standard InChI is InChI=1S/C15H22O3/c1-4-18-15(17)12(3)8-11(2)9-13-6-5-7-14(16)10-13/h5-7,10-12,16H,4,8-9H2,1-3H3/t11-,12+/m0/s1. The minimum absolute atomic E-state index is 0.0720. The van der Waals surface area contributed by atoms with Crippen LogP contribution in [0, 0.1) is 11.8 Å². The second-order valence-electron chi connectivity index (χ2n) is 4.87. The second-order valence-corrected chi connectivity index (χ2v) is 4.87. The zero-order valence-corrected chi connectivity index (χ0v) is 11.3. The lowest BCUT2D eigenvalue weighted by atomic mass is 9.92. The van der Waals surface area contributed by atoms with Gasteiger partial charge in [-0.1, -0.05) is 26.0 Å². The lowest BCUT2D eigenvalue weighted by Gasteiger charge is -2.16. The minimum atomic E-state index is -0.125. The topological polar surface area (TPSA) is 46.5 Å². The maximum Gasteiger partial charge on any atom is 0.308 e. The van der Waals surface area contributed by atoms with Crippen molar-refractivity contribution in [1.29, 1.82) is 0 Å². The molecular formula is C15H22O3. The Bertz CT molecular complexity index is 387. The van der Waals surface area contributed by atoms with E-state index in [-0.39, 0.29) is 17.6 Å². The van der Waals surface area contributed by atoms with Crippen LogP contribution >= 0.6 is 0 Å². The summed E-state index contributed by atoms with van der Waals surface area (Å²) in [5, 5.41) is 9.39. The molecule has 0 aromatic heterocycles. The fourth-order valence-corrected chi connectivity index (χ4v) is 2.15. The minimum Gasteiger partial charge on any atom is -0.508 e. The third-order valence-electron chi connectivity index (χ3n) is 2.94.